The van der Waals surface area contributed by atoms with Crippen LogP contribution in [-0.2, 0) is 10.0 Å². The molecule has 1 atom stereocenters. The molecule has 0 radical (unpaired) electrons. The van der Waals surface area contributed by atoms with Crippen molar-refractivity contribution in [2.75, 3.05) is 7.05 Å². The Morgan fingerprint density at radius 1 is 1.00 bits per heavy atom. The van der Waals surface area contributed by atoms with Crippen molar-refractivity contribution >= 4 is 10.0 Å². The highest BCUT2D eigenvalue weighted by Gasteiger charge is 2.29. The molecule has 22 heavy (non-hydrogen) atoms. The highest BCUT2D eigenvalue weighted by atomic mass is 32.2. The predicted octanol–water partition coefficient (Wildman–Crippen LogP) is 3.59. The van der Waals surface area contributed by atoms with Crippen molar-refractivity contribution < 1.29 is 8.42 Å². The maximum absolute atomic E-state index is 13.0. The molecule has 118 valence electrons. The third kappa shape index (κ3) is 3.20. The number of hydrogen-bond acceptors (Lipinski definition) is 3. The molecule has 0 fully saturated rings. The fourth-order valence-electron chi connectivity index (χ4n) is 2.37. The van der Waals surface area contributed by atoms with Gasteiger partial charge in [0.1, 0.15) is 0 Å². The Morgan fingerprint density at radius 3 is 2.23 bits per heavy atom. The lowest BCUT2D eigenvalue weighted by atomic mass is 10.0. The number of sulfonamides is 1. The van der Waals surface area contributed by atoms with E-state index in [1.54, 1.807) is 25.4 Å². The van der Waals surface area contributed by atoms with Crippen LogP contribution in [0.3, 0.4) is 0 Å². The Balaban J connectivity index is 2.43. The number of nitrogens with zero attached hydrogens (tertiary/aromatic N) is 2. The van der Waals surface area contributed by atoms with Gasteiger partial charge in [-0.2, -0.15) is 4.31 Å². The third-order valence-electron chi connectivity index (χ3n) is 3.86. The SMILES string of the molecule is CC(C)c1ccccc1S(=O)(=O)N(C)C(C)c1ccccn1. The van der Waals surface area contributed by atoms with Crippen LogP contribution in [0, 0.1) is 0 Å². The summed E-state index contributed by atoms with van der Waals surface area (Å²) < 4.78 is 27.3. The maximum Gasteiger partial charge on any atom is 0.243 e. The van der Waals surface area contributed by atoms with Gasteiger partial charge in [-0.15, -0.1) is 0 Å². The molecule has 0 aliphatic heterocycles. The molecule has 0 saturated carbocycles. The van der Waals surface area contributed by atoms with Crippen molar-refractivity contribution in [3.8, 4) is 0 Å². The van der Waals surface area contributed by atoms with E-state index >= 15 is 0 Å². The second kappa shape index (κ2) is 6.58. The van der Waals surface area contributed by atoms with E-state index in [9.17, 15) is 8.42 Å². The monoisotopic (exact) mass is 318 g/mol. The summed E-state index contributed by atoms with van der Waals surface area (Å²) in [5.41, 5.74) is 1.57. The van der Waals surface area contributed by atoms with Crippen molar-refractivity contribution in [1.82, 2.24) is 9.29 Å². The van der Waals surface area contributed by atoms with Crippen LogP contribution in [0.2, 0.25) is 0 Å². The van der Waals surface area contributed by atoms with Crippen molar-refractivity contribution in [3.63, 3.8) is 0 Å². The zero-order valence-corrected chi connectivity index (χ0v) is 14.2. The number of hydrogen-bond donors (Lipinski definition) is 0. The quantitative estimate of drug-likeness (QED) is 0.846. The molecule has 1 unspecified atom stereocenters. The van der Waals surface area contributed by atoms with Gasteiger partial charge in [0.15, 0.2) is 0 Å². The first-order valence-electron chi connectivity index (χ1n) is 7.33. The van der Waals surface area contributed by atoms with E-state index in [2.05, 4.69) is 4.98 Å². The van der Waals surface area contributed by atoms with Crippen molar-refractivity contribution in [1.29, 1.82) is 0 Å². The topological polar surface area (TPSA) is 50.3 Å². The van der Waals surface area contributed by atoms with Crippen LogP contribution in [0.1, 0.15) is 44.0 Å². The Morgan fingerprint density at radius 2 is 1.64 bits per heavy atom. The molecule has 0 N–H and O–H groups in total. The summed E-state index contributed by atoms with van der Waals surface area (Å²) in [4.78, 5) is 4.63. The molecule has 1 aromatic heterocycles. The predicted molar refractivity (Wildman–Crippen MR) is 88.1 cm³/mol. The molecule has 1 aromatic carbocycles. The Bertz CT molecular complexity index is 727. The van der Waals surface area contributed by atoms with E-state index < -0.39 is 10.0 Å². The second-order valence-electron chi connectivity index (χ2n) is 5.64. The molecule has 0 amide bonds. The fraction of sp³-hybridized carbons (Fsp3) is 0.353. The minimum Gasteiger partial charge on any atom is -0.260 e. The van der Waals surface area contributed by atoms with Crippen LogP contribution in [0.25, 0.3) is 0 Å². The van der Waals surface area contributed by atoms with Gasteiger partial charge in [0.2, 0.25) is 10.0 Å². The average Bonchev–Trinajstić information content (AvgIpc) is 2.54. The molecule has 1 heterocycles. The van der Waals surface area contributed by atoms with Gasteiger partial charge in [0.25, 0.3) is 0 Å². The van der Waals surface area contributed by atoms with Crippen LogP contribution in [0.15, 0.2) is 53.6 Å². The van der Waals surface area contributed by atoms with E-state index in [0.29, 0.717) is 4.90 Å². The first-order chi connectivity index (χ1) is 10.4. The third-order valence-corrected chi connectivity index (χ3v) is 5.86. The van der Waals surface area contributed by atoms with E-state index in [-0.39, 0.29) is 12.0 Å². The lowest BCUT2D eigenvalue weighted by Crippen LogP contribution is -2.31. The molecule has 0 spiro atoms. The van der Waals surface area contributed by atoms with Crippen LogP contribution < -0.4 is 0 Å². The second-order valence-corrected chi connectivity index (χ2v) is 7.61. The first-order valence-corrected chi connectivity index (χ1v) is 8.77. The number of rotatable bonds is 5. The highest BCUT2D eigenvalue weighted by molar-refractivity contribution is 7.89. The normalized spacial score (nSPS) is 13.5. The number of benzene rings is 1. The molecule has 0 aliphatic carbocycles. The summed E-state index contributed by atoms with van der Waals surface area (Å²) in [5.74, 6) is 0.143. The van der Waals surface area contributed by atoms with Crippen molar-refractivity contribution in [3.05, 3.63) is 59.9 Å². The van der Waals surface area contributed by atoms with E-state index in [4.69, 9.17) is 0 Å². The zero-order chi connectivity index (χ0) is 16.3. The molecule has 2 aromatic rings. The number of aromatic nitrogens is 1. The smallest absolute Gasteiger partial charge is 0.243 e. The van der Waals surface area contributed by atoms with Gasteiger partial charge >= 0.3 is 0 Å². The zero-order valence-electron chi connectivity index (χ0n) is 13.4. The van der Waals surface area contributed by atoms with Gasteiger partial charge in [-0.05, 0) is 36.6 Å². The molecular formula is C17H22N2O2S. The average molecular weight is 318 g/mol. The number of pyridine rings is 1. The van der Waals surface area contributed by atoms with E-state index in [1.807, 2.05) is 51.1 Å². The van der Waals surface area contributed by atoms with Crippen molar-refractivity contribution in [2.45, 2.75) is 37.6 Å². The Kier molecular flexibility index (Phi) is 4.98. The van der Waals surface area contributed by atoms with Gasteiger partial charge in [-0.3, -0.25) is 4.98 Å². The summed E-state index contributed by atoms with van der Waals surface area (Å²) in [5, 5.41) is 0. The lowest BCUT2D eigenvalue weighted by Gasteiger charge is -2.25. The van der Waals surface area contributed by atoms with Gasteiger partial charge in [-0.1, -0.05) is 38.1 Å². The van der Waals surface area contributed by atoms with Gasteiger partial charge in [0, 0.05) is 13.2 Å². The van der Waals surface area contributed by atoms with Crippen LogP contribution in [0.5, 0.6) is 0 Å². The summed E-state index contributed by atoms with van der Waals surface area (Å²) in [7, 11) is -1.97. The van der Waals surface area contributed by atoms with Crippen molar-refractivity contribution in [2.24, 2.45) is 0 Å². The highest BCUT2D eigenvalue weighted by Crippen LogP contribution is 2.29. The molecule has 0 aliphatic rings. The molecule has 2 rings (SSSR count). The molecule has 0 bridgehead atoms. The molecule has 5 heteroatoms. The lowest BCUT2D eigenvalue weighted by molar-refractivity contribution is 0.391. The first kappa shape index (κ1) is 16.6. The fourth-order valence-corrected chi connectivity index (χ4v) is 4.05. The van der Waals surface area contributed by atoms with E-state index in [1.165, 1.54) is 4.31 Å². The minimum atomic E-state index is -3.57. The summed E-state index contributed by atoms with van der Waals surface area (Å²) in [6.45, 7) is 5.84. The molecular weight excluding hydrogens is 296 g/mol. The van der Waals surface area contributed by atoms with Crippen LogP contribution >= 0.6 is 0 Å². The van der Waals surface area contributed by atoms with E-state index in [0.717, 1.165) is 11.3 Å². The van der Waals surface area contributed by atoms with Gasteiger partial charge in [-0.25, -0.2) is 8.42 Å². The standard InChI is InChI=1S/C17H22N2O2S/c1-13(2)15-9-5-6-11-17(15)22(20,21)19(4)14(3)16-10-7-8-12-18-16/h5-14H,1-4H3. The Labute approximate surface area is 132 Å². The summed E-state index contributed by atoms with van der Waals surface area (Å²) in [6.07, 6.45) is 1.67. The summed E-state index contributed by atoms with van der Waals surface area (Å²) in [6, 6.07) is 12.4. The largest absolute Gasteiger partial charge is 0.260 e. The Hall–Kier alpha value is -1.72. The maximum atomic E-state index is 13.0. The van der Waals surface area contributed by atoms with Crippen LogP contribution in [0.4, 0.5) is 0 Å². The van der Waals surface area contributed by atoms with Gasteiger partial charge in [0.05, 0.1) is 16.6 Å². The molecule has 0 saturated heterocycles. The summed E-state index contributed by atoms with van der Waals surface area (Å²) >= 11 is 0. The molecule has 4 nitrogen and oxygen atoms in total. The van der Waals surface area contributed by atoms with Crippen LogP contribution in [-0.4, -0.2) is 24.8 Å². The minimum absolute atomic E-state index is 0.143. The van der Waals surface area contributed by atoms with Gasteiger partial charge < -0.3 is 0 Å².